The highest BCUT2D eigenvalue weighted by Gasteiger charge is 2.18. The summed E-state index contributed by atoms with van der Waals surface area (Å²) < 4.78 is 1.07. The number of carbonyl (C=O) groups is 1. The maximum absolute atomic E-state index is 12.0. The number of aliphatic hydroxyl groups excluding tert-OH is 1. The molecule has 1 N–H and O–H groups in total. The van der Waals surface area contributed by atoms with Crippen LogP contribution in [0, 0.1) is 0 Å². The van der Waals surface area contributed by atoms with Crippen molar-refractivity contribution in [2.24, 2.45) is 0 Å². The van der Waals surface area contributed by atoms with E-state index in [1.807, 2.05) is 22.4 Å². The number of β-amino-alcohol motifs (C(OH)–C–C–N with tert-alkyl or cyclic N) is 1. The van der Waals surface area contributed by atoms with Crippen LogP contribution in [0.4, 0.5) is 0 Å². The molecule has 2 rings (SSSR count). The fourth-order valence-corrected chi connectivity index (χ4v) is 3.16. The number of piperazine rings is 1. The average molecular weight is 345 g/mol. The van der Waals surface area contributed by atoms with Crippen molar-refractivity contribution in [2.45, 2.75) is 0 Å². The molecule has 4 nitrogen and oxygen atoms in total. The molecule has 1 amide bonds. The van der Waals surface area contributed by atoms with Crippen LogP contribution in [0.1, 0.15) is 5.56 Å². The second-order valence-electron chi connectivity index (χ2n) is 4.41. The minimum absolute atomic E-state index is 0.0611. The van der Waals surface area contributed by atoms with Gasteiger partial charge in [-0.25, -0.2) is 0 Å². The first kappa shape index (κ1) is 14.7. The number of thiophene rings is 1. The number of hydrogen-bond donors (Lipinski definition) is 1. The van der Waals surface area contributed by atoms with Crippen molar-refractivity contribution in [1.29, 1.82) is 0 Å². The number of hydrogen-bond acceptors (Lipinski definition) is 4. The normalized spacial score (nSPS) is 17.3. The molecule has 1 aliphatic heterocycles. The Morgan fingerprint density at radius 3 is 2.74 bits per heavy atom. The van der Waals surface area contributed by atoms with Gasteiger partial charge < -0.3 is 10.0 Å². The molecule has 1 fully saturated rings. The number of carbonyl (C=O) groups excluding carboxylic acids is 1. The largest absolute Gasteiger partial charge is 0.395 e. The van der Waals surface area contributed by atoms with E-state index in [9.17, 15) is 4.79 Å². The van der Waals surface area contributed by atoms with Crippen LogP contribution in [-0.4, -0.2) is 60.1 Å². The van der Waals surface area contributed by atoms with Crippen molar-refractivity contribution in [2.75, 3.05) is 39.3 Å². The molecular weight excluding hydrogens is 328 g/mol. The quantitative estimate of drug-likeness (QED) is 0.845. The van der Waals surface area contributed by atoms with Gasteiger partial charge in [0.15, 0.2) is 0 Å². The molecule has 0 unspecified atom stereocenters. The Bertz CT molecular complexity index is 453. The first-order valence-corrected chi connectivity index (χ1v) is 7.90. The highest BCUT2D eigenvalue weighted by molar-refractivity contribution is 9.11. The summed E-state index contributed by atoms with van der Waals surface area (Å²) >= 11 is 5.01. The van der Waals surface area contributed by atoms with Crippen LogP contribution in [0.15, 0.2) is 21.3 Å². The summed E-state index contributed by atoms with van der Waals surface area (Å²) in [4.78, 5) is 16.0. The van der Waals surface area contributed by atoms with E-state index in [1.165, 1.54) is 0 Å². The summed E-state index contributed by atoms with van der Waals surface area (Å²) in [6.07, 6.45) is 3.49. The Balaban J connectivity index is 1.83. The van der Waals surface area contributed by atoms with Gasteiger partial charge in [0, 0.05) is 38.8 Å². The van der Waals surface area contributed by atoms with Gasteiger partial charge in [-0.1, -0.05) is 0 Å². The lowest BCUT2D eigenvalue weighted by Gasteiger charge is -2.33. The lowest BCUT2D eigenvalue weighted by atomic mass is 10.2. The first-order valence-electron chi connectivity index (χ1n) is 6.23. The zero-order chi connectivity index (χ0) is 13.7. The van der Waals surface area contributed by atoms with Crippen LogP contribution < -0.4 is 0 Å². The molecule has 104 valence electrons. The Hall–Kier alpha value is -0.690. The summed E-state index contributed by atoms with van der Waals surface area (Å²) in [6, 6.07) is 1.99. The lowest BCUT2D eigenvalue weighted by molar-refractivity contribution is -0.127. The molecule has 0 aromatic carbocycles. The van der Waals surface area contributed by atoms with E-state index in [0.717, 1.165) is 35.5 Å². The smallest absolute Gasteiger partial charge is 0.246 e. The second-order valence-corrected chi connectivity index (χ2v) is 6.70. The van der Waals surface area contributed by atoms with Crippen molar-refractivity contribution in [1.82, 2.24) is 9.80 Å². The highest BCUT2D eigenvalue weighted by atomic mass is 79.9. The van der Waals surface area contributed by atoms with Crippen LogP contribution in [0.2, 0.25) is 0 Å². The molecular formula is C13H17BrN2O2S. The minimum Gasteiger partial charge on any atom is -0.395 e. The third-order valence-corrected chi connectivity index (χ3v) is 4.63. The van der Waals surface area contributed by atoms with E-state index in [-0.39, 0.29) is 12.5 Å². The Morgan fingerprint density at radius 1 is 1.42 bits per heavy atom. The monoisotopic (exact) mass is 344 g/mol. The molecule has 0 aliphatic carbocycles. The maximum Gasteiger partial charge on any atom is 0.246 e. The third-order valence-electron chi connectivity index (χ3n) is 3.11. The van der Waals surface area contributed by atoms with Crippen LogP contribution in [0.5, 0.6) is 0 Å². The van der Waals surface area contributed by atoms with Crippen LogP contribution in [0.25, 0.3) is 6.08 Å². The van der Waals surface area contributed by atoms with Crippen molar-refractivity contribution in [3.8, 4) is 0 Å². The zero-order valence-corrected chi connectivity index (χ0v) is 13.0. The van der Waals surface area contributed by atoms with Crippen LogP contribution in [0.3, 0.4) is 0 Å². The van der Waals surface area contributed by atoms with Crippen molar-refractivity contribution in [3.05, 3.63) is 26.9 Å². The van der Waals surface area contributed by atoms with Crippen molar-refractivity contribution >= 4 is 39.2 Å². The van der Waals surface area contributed by atoms with E-state index in [2.05, 4.69) is 20.8 Å². The van der Waals surface area contributed by atoms with Crippen LogP contribution >= 0.6 is 27.3 Å². The molecule has 1 saturated heterocycles. The average Bonchev–Trinajstić information content (AvgIpc) is 2.83. The first-order chi connectivity index (χ1) is 9.19. The van der Waals surface area contributed by atoms with Gasteiger partial charge in [0.25, 0.3) is 0 Å². The molecule has 6 heteroatoms. The fraction of sp³-hybridized carbons (Fsp3) is 0.462. The Morgan fingerprint density at radius 2 is 2.16 bits per heavy atom. The predicted octanol–water partition coefficient (Wildman–Crippen LogP) is 1.66. The number of aliphatic hydroxyl groups is 1. The fourth-order valence-electron chi connectivity index (χ4n) is 2.02. The Labute approximate surface area is 125 Å². The Kier molecular flexibility index (Phi) is 5.57. The van der Waals surface area contributed by atoms with E-state index in [1.54, 1.807) is 17.4 Å². The minimum atomic E-state index is 0.0611. The van der Waals surface area contributed by atoms with E-state index in [4.69, 9.17) is 5.11 Å². The van der Waals surface area contributed by atoms with Gasteiger partial charge in [0.05, 0.1) is 10.4 Å². The summed E-state index contributed by atoms with van der Waals surface area (Å²) in [6.45, 7) is 4.02. The maximum atomic E-state index is 12.0. The van der Waals surface area contributed by atoms with Gasteiger partial charge in [-0.05, 0) is 39.0 Å². The molecule has 0 spiro atoms. The molecule has 19 heavy (non-hydrogen) atoms. The zero-order valence-electron chi connectivity index (χ0n) is 10.6. The summed E-state index contributed by atoms with van der Waals surface area (Å²) in [5, 5.41) is 10.9. The SMILES string of the molecule is O=C(C=Cc1csc(Br)c1)N1CCN(CCO)CC1. The second kappa shape index (κ2) is 7.19. The predicted molar refractivity (Wildman–Crippen MR) is 81.2 cm³/mol. The molecule has 1 aromatic rings. The number of nitrogens with zero attached hydrogens (tertiary/aromatic N) is 2. The molecule has 0 atom stereocenters. The molecule has 0 radical (unpaired) electrons. The summed E-state index contributed by atoms with van der Waals surface area (Å²) in [5.41, 5.74) is 1.05. The molecule has 1 aliphatic rings. The van der Waals surface area contributed by atoms with Crippen molar-refractivity contribution in [3.63, 3.8) is 0 Å². The lowest BCUT2D eigenvalue weighted by Crippen LogP contribution is -2.48. The van der Waals surface area contributed by atoms with Gasteiger partial charge in [-0.2, -0.15) is 0 Å². The van der Waals surface area contributed by atoms with Crippen LogP contribution in [-0.2, 0) is 4.79 Å². The third kappa shape index (κ3) is 4.42. The highest BCUT2D eigenvalue weighted by Crippen LogP contribution is 2.21. The molecule has 0 saturated carbocycles. The van der Waals surface area contributed by atoms with E-state index >= 15 is 0 Å². The summed E-state index contributed by atoms with van der Waals surface area (Å²) in [7, 11) is 0. The van der Waals surface area contributed by atoms with Gasteiger partial charge in [0.2, 0.25) is 5.91 Å². The number of amides is 1. The number of halogens is 1. The van der Waals surface area contributed by atoms with Gasteiger partial charge in [-0.15, -0.1) is 11.3 Å². The molecule has 2 heterocycles. The van der Waals surface area contributed by atoms with Gasteiger partial charge >= 0.3 is 0 Å². The molecule has 0 bridgehead atoms. The molecule has 1 aromatic heterocycles. The summed E-state index contributed by atoms with van der Waals surface area (Å²) in [5.74, 6) is 0.0611. The van der Waals surface area contributed by atoms with Gasteiger partial charge in [0.1, 0.15) is 0 Å². The van der Waals surface area contributed by atoms with Crippen molar-refractivity contribution < 1.29 is 9.90 Å². The standard InChI is InChI=1S/C13H17BrN2O2S/c14-12-9-11(10-19-12)1-2-13(18)16-5-3-15(4-6-16)7-8-17/h1-2,9-10,17H,3-8H2. The van der Waals surface area contributed by atoms with E-state index < -0.39 is 0 Å². The van der Waals surface area contributed by atoms with E-state index in [0.29, 0.717) is 6.54 Å². The van der Waals surface area contributed by atoms with Gasteiger partial charge in [-0.3, -0.25) is 9.69 Å². The number of rotatable bonds is 4. The topological polar surface area (TPSA) is 43.8 Å².